The Balaban J connectivity index is 0.000000298. The van der Waals surface area contributed by atoms with Gasteiger partial charge in [0.25, 0.3) is 0 Å². The summed E-state index contributed by atoms with van der Waals surface area (Å²) >= 11 is 1.69. The zero-order valence-electron chi connectivity index (χ0n) is 14.0. The molecule has 11 heteroatoms. The number of thiazole rings is 1. The van der Waals surface area contributed by atoms with Gasteiger partial charge in [0.1, 0.15) is 11.1 Å². The number of likely N-dealkylation sites (N-methyl/N-ethyl adjacent to an activating group) is 1. The average Bonchev–Trinajstić information content (AvgIpc) is 3.22. The van der Waals surface area contributed by atoms with Crippen LogP contribution in [0.2, 0.25) is 0 Å². The third-order valence-corrected chi connectivity index (χ3v) is 5.02. The summed E-state index contributed by atoms with van der Waals surface area (Å²) in [7, 11) is 1.67. The van der Waals surface area contributed by atoms with Crippen LogP contribution in [-0.2, 0) is 20.9 Å². The summed E-state index contributed by atoms with van der Waals surface area (Å²) in [5.74, 6) is -2.21. The maximum atomic E-state index is 11.6. The van der Waals surface area contributed by atoms with Crippen LogP contribution in [0.15, 0.2) is 11.6 Å². The fourth-order valence-corrected chi connectivity index (χ4v) is 3.65. The van der Waals surface area contributed by atoms with E-state index in [1.807, 2.05) is 11.6 Å². The Bertz CT molecular complexity index is 612. The summed E-state index contributed by atoms with van der Waals surface area (Å²) in [5.41, 5.74) is 0. The van der Waals surface area contributed by atoms with Gasteiger partial charge in [-0.25, -0.2) is 9.78 Å². The fraction of sp³-hybridized carbons (Fsp3) is 0.667. The molecule has 3 heterocycles. The van der Waals surface area contributed by atoms with Crippen LogP contribution in [0.4, 0.5) is 13.2 Å². The molecule has 3 atom stereocenters. The van der Waals surface area contributed by atoms with E-state index >= 15 is 0 Å². The molecule has 2 N–H and O–H groups in total. The SMILES string of the molecule is CNC(=O)[C@H]1C[C@@H]2CCN(Cc3nccs3)C[C@H]2O1.O=C(O)C(F)(F)F. The van der Waals surface area contributed by atoms with Gasteiger partial charge in [-0.3, -0.25) is 9.69 Å². The molecule has 2 aliphatic heterocycles. The number of likely N-dealkylation sites (tertiary alicyclic amines) is 1. The van der Waals surface area contributed by atoms with Crippen molar-refractivity contribution < 1.29 is 32.6 Å². The summed E-state index contributed by atoms with van der Waals surface area (Å²) < 4.78 is 37.6. The molecule has 2 aliphatic rings. The van der Waals surface area contributed by atoms with Crippen LogP contribution in [0.1, 0.15) is 17.8 Å². The molecule has 1 aromatic heterocycles. The first-order valence-corrected chi connectivity index (χ1v) is 8.86. The third kappa shape index (κ3) is 5.64. The topological polar surface area (TPSA) is 91.8 Å². The van der Waals surface area contributed by atoms with Gasteiger partial charge < -0.3 is 15.2 Å². The Hall–Kier alpha value is -1.72. The normalized spacial score (nSPS) is 25.8. The highest BCUT2D eigenvalue weighted by molar-refractivity contribution is 7.09. The van der Waals surface area contributed by atoms with Gasteiger partial charge in [-0.1, -0.05) is 0 Å². The first-order chi connectivity index (χ1) is 12.2. The lowest BCUT2D eigenvalue weighted by Crippen LogP contribution is -2.42. The van der Waals surface area contributed by atoms with Crippen molar-refractivity contribution in [1.29, 1.82) is 0 Å². The second kappa shape index (κ2) is 8.78. The van der Waals surface area contributed by atoms with Crippen molar-refractivity contribution in [2.24, 2.45) is 5.92 Å². The van der Waals surface area contributed by atoms with E-state index in [4.69, 9.17) is 14.6 Å². The van der Waals surface area contributed by atoms with Crippen molar-refractivity contribution in [2.75, 3.05) is 20.1 Å². The largest absolute Gasteiger partial charge is 0.490 e. The number of hydrogen-bond donors (Lipinski definition) is 2. The quantitative estimate of drug-likeness (QED) is 0.806. The van der Waals surface area contributed by atoms with Gasteiger partial charge in [-0.05, 0) is 25.3 Å². The monoisotopic (exact) mass is 395 g/mol. The number of amides is 1. The molecule has 0 radical (unpaired) electrons. The predicted molar refractivity (Wildman–Crippen MR) is 86.5 cm³/mol. The highest BCUT2D eigenvalue weighted by atomic mass is 32.1. The number of carbonyl (C=O) groups is 2. The summed E-state index contributed by atoms with van der Waals surface area (Å²) in [6.07, 6.45) is -1.30. The van der Waals surface area contributed by atoms with Crippen molar-refractivity contribution in [3.63, 3.8) is 0 Å². The van der Waals surface area contributed by atoms with Gasteiger partial charge in [0.15, 0.2) is 0 Å². The maximum Gasteiger partial charge on any atom is 0.490 e. The van der Waals surface area contributed by atoms with Crippen molar-refractivity contribution in [1.82, 2.24) is 15.2 Å². The molecule has 3 rings (SSSR count). The van der Waals surface area contributed by atoms with Crippen molar-refractivity contribution >= 4 is 23.2 Å². The van der Waals surface area contributed by atoms with Crippen LogP contribution in [0, 0.1) is 5.92 Å². The fourth-order valence-electron chi connectivity index (χ4n) is 2.99. The van der Waals surface area contributed by atoms with Crippen LogP contribution >= 0.6 is 11.3 Å². The molecule has 1 aromatic rings. The second-order valence-electron chi connectivity index (χ2n) is 6.03. The summed E-state index contributed by atoms with van der Waals surface area (Å²) in [6.45, 7) is 2.89. The number of rotatable bonds is 3. The van der Waals surface area contributed by atoms with Gasteiger partial charge in [0.05, 0.1) is 12.6 Å². The van der Waals surface area contributed by atoms with E-state index in [0.29, 0.717) is 5.92 Å². The first-order valence-electron chi connectivity index (χ1n) is 7.98. The van der Waals surface area contributed by atoms with E-state index in [9.17, 15) is 18.0 Å². The van der Waals surface area contributed by atoms with Crippen molar-refractivity contribution in [2.45, 2.75) is 37.8 Å². The lowest BCUT2D eigenvalue weighted by molar-refractivity contribution is -0.192. The lowest BCUT2D eigenvalue weighted by atomic mass is 9.91. The van der Waals surface area contributed by atoms with Gasteiger partial charge in [0.2, 0.25) is 5.91 Å². The molecule has 0 aliphatic carbocycles. The molecule has 0 unspecified atom stereocenters. The highest BCUT2D eigenvalue weighted by Crippen LogP contribution is 2.33. The van der Waals surface area contributed by atoms with Crippen LogP contribution in [0.25, 0.3) is 0 Å². The highest BCUT2D eigenvalue weighted by Gasteiger charge is 2.41. The molecular formula is C15H20F3N3O4S. The molecule has 0 aromatic carbocycles. The summed E-state index contributed by atoms with van der Waals surface area (Å²) in [5, 5.41) is 13.0. The zero-order chi connectivity index (χ0) is 19.3. The standard InChI is InChI=1S/C13H19N3O2S.C2HF3O2/c1-14-13(17)10-6-9-2-4-16(7-11(9)18-10)8-12-15-3-5-19-12;3-2(4,5)1(6)7/h3,5,9-11H,2,4,6-8H2,1H3,(H,14,17);(H,6,7)/t9-,10+,11+;/m0./s1. The van der Waals surface area contributed by atoms with Crippen LogP contribution in [-0.4, -0.2) is 65.4 Å². The average molecular weight is 395 g/mol. The van der Waals surface area contributed by atoms with Gasteiger partial charge in [0, 0.05) is 25.2 Å². The van der Waals surface area contributed by atoms with Gasteiger partial charge in [-0.15, -0.1) is 11.3 Å². The number of carboxylic acids is 1. The second-order valence-corrected chi connectivity index (χ2v) is 7.00. The Morgan fingerprint density at radius 2 is 2.19 bits per heavy atom. The number of aliphatic carboxylic acids is 1. The lowest BCUT2D eigenvalue weighted by Gasteiger charge is -2.33. The Morgan fingerprint density at radius 1 is 1.50 bits per heavy atom. The van der Waals surface area contributed by atoms with E-state index in [2.05, 4.69) is 15.2 Å². The molecule has 0 spiro atoms. The number of piperidine rings is 1. The van der Waals surface area contributed by atoms with Crippen LogP contribution < -0.4 is 5.32 Å². The van der Waals surface area contributed by atoms with Gasteiger partial charge >= 0.3 is 12.1 Å². The molecule has 2 saturated heterocycles. The number of nitrogens with zero attached hydrogens (tertiary/aromatic N) is 2. The first kappa shape index (κ1) is 20.6. The van der Waals surface area contributed by atoms with Crippen molar-refractivity contribution in [3.8, 4) is 0 Å². The summed E-state index contributed by atoms with van der Waals surface area (Å²) in [6, 6.07) is 0. The minimum Gasteiger partial charge on any atom is -0.475 e. The van der Waals surface area contributed by atoms with E-state index in [-0.39, 0.29) is 18.1 Å². The number of fused-ring (bicyclic) bond motifs is 1. The maximum absolute atomic E-state index is 11.6. The number of ether oxygens (including phenoxy) is 1. The molecule has 0 bridgehead atoms. The molecule has 7 nitrogen and oxygen atoms in total. The Morgan fingerprint density at radius 3 is 2.73 bits per heavy atom. The number of halogens is 3. The molecular weight excluding hydrogens is 375 g/mol. The van der Waals surface area contributed by atoms with E-state index in [1.165, 1.54) is 0 Å². The molecule has 0 saturated carbocycles. The summed E-state index contributed by atoms with van der Waals surface area (Å²) in [4.78, 5) is 27.2. The van der Waals surface area contributed by atoms with E-state index < -0.39 is 12.1 Å². The predicted octanol–water partition coefficient (Wildman–Crippen LogP) is 1.50. The minimum absolute atomic E-state index is 0.0147. The smallest absolute Gasteiger partial charge is 0.475 e. The number of nitrogens with one attached hydrogen (secondary N) is 1. The molecule has 146 valence electrons. The van der Waals surface area contributed by atoms with Crippen molar-refractivity contribution in [3.05, 3.63) is 16.6 Å². The molecule has 26 heavy (non-hydrogen) atoms. The Kier molecular flexibility index (Phi) is 6.95. The third-order valence-electron chi connectivity index (χ3n) is 4.26. The van der Waals surface area contributed by atoms with E-state index in [1.54, 1.807) is 18.4 Å². The number of aromatic nitrogens is 1. The number of alkyl halides is 3. The Labute approximate surface area is 152 Å². The molecule has 1 amide bonds. The number of carbonyl (C=O) groups excluding carboxylic acids is 1. The number of hydrogen-bond acceptors (Lipinski definition) is 6. The van der Waals surface area contributed by atoms with Crippen LogP contribution in [0.3, 0.4) is 0 Å². The van der Waals surface area contributed by atoms with Crippen LogP contribution in [0.5, 0.6) is 0 Å². The molecule has 2 fully saturated rings. The van der Waals surface area contributed by atoms with E-state index in [0.717, 1.165) is 37.5 Å². The zero-order valence-corrected chi connectivity index (χ0v) is 14.8. The minimum atomic E-state index is -5.08. The number of carboxylic acid groups (broad SMARTS) is 1. The van der Waals surface area contributed by atoms with Gasteiger partial charge in [-0.2, -0.15) is 13.2 Å².